The Morgan fingerprint density at radius 1 is 1.41 bits per heavy atom. The summed E-state index contributed by atoms with van der Waals surface area (Å²) in [6.07, 6.45) is 3.40. The van der Waals surface area contributed by atoms with Crippen molar-refractivity contribution in [3.8, 4) is 0 Å². The third kappa shape index (κ3) is 2.73. The molecule has 1 aliphatic rings. The molecule has 1 saturated heterocycles. The fraction of sp³-hybridized carbons (Fsp3) is 0.529. The number of fused-ring (bicyclic) bond motifs is 1. The predicted molar refractivity (Wildman–Crippen MR) is 87.9 cm³/mol. The van der Waals surface area contributed by atoms with Crippen molar-refractivity contribution in [1.82, 2.24) is 15.1 Å². The van der Waals surface area contributed by atoms with Gasteiger partial charge in [-0.3, -0.25) is 9.48 Å². The first kappa shape index (κ1) is 15.0. The summed E-state index contributed by atoms with van der Waals surface area (Å²) in [5, 5.41) is 9.18. The first-order valence-electron chi connectivity index (χ1n) is 8.08. The molecule has 5 heteroatoms. The Labute approximate surface area is 130 Å². The molecule has 1 amide bonds. The lowest BCUT2D eigenvalue weighted by atomic mass is 9.92. The second-order valence-electron chi connectivity index (χ2n) is 6.45. The van der Waals surface area contributed by atoms with Gasteiger partial charge in [-0.15, -0.1) is 0 Å². The summed E-state index contributed by atoms with van der Waals surface area (Å²) >= 11 is 0. The molecule has 1 fully saturated rings. The molecule has 3 N–H and O–H groups in total. The minimum atomic E-state index is -0.410. The molecule has 0 bridgehead atoms. The van der Waals surface area contributed by atoms with Gasteiger partial charge >= 0.3 is 0 Å². The van der Waals surface area contributed by atoms with Crippen LogP contribution in [0.25, 0.3) is 10.9 Å². The zero-order valence-corrected chi connectivity index (χ0v) is 13.3. The summed E-state index contributed by atoms with van der Waals surface area (Å²) in [6, 6.07) is 5.99. The van der Waals surface area contributed by atoms with E-state index in [2.05, 4.69) is 29.9 Å². The molecular formula is C17H24N4O. The number of piperidine rings is 1. The summed E-state index contributed by atoms with van der Waals surface area (Å²) in [4.78, 5) is 11.7. The van der Waals surface area contributed by atoms with Gasteiger partial charge in [0.05, 0.1) is 5.56 Å². The van der Waals surface area contributed by atoms with Crippen molar-refractivity contribution in [3.05, 3.63) is 29.5 Å². The van der Waals surface area contributed by atoms with Crippen molar-refractivity contribution in [2.24, 2.45) is 11.7 Å². The lowest BCUT2D eigenvalue weighted by molar-refractivity contribution is 0.100. The van der Waals surface area contributed by atoms with E-state index in [1.54, 1.807) is 6.07 Å². The van der Waals surface area contributed by atoms with E-state index in [1.165, 1.54) is 18.5 Å². The molecule has 3 rings (SSSR count). The summed E-state index contributed by atoms with van der Waals surface area (Å²) in [5.74, 6) is 0.267. The van der Waals surface area contributed by atoms with Crippen LogP contribution in [0.3, 0.4) is 0 Å². The Hall–Kier alpha value is -1.88. The van der Waals surface area contributed by atoms with E-state index in [4.69, 9.17) is 10.8 Å². The Morgan fingerprint density at radius 3 is 2.77 bits per heavy atom. The summed E-state index contributed by atoms with van der Waals surface area (Å²) in [6.45, 7) is 6.43. The Balaban J connectivity index is 2.07. The number of carbonyl (C=O) groups is 1. The van der Waals surface area contributed by atoms with Gasteiger partial charge in [0.2, 0.25) is 0 Å². The number of amides is 1. The SMILES string of the molecule is CC(C)n1nc2c(C(N)=O)cccc2c1CC1CCNCC1. The van der Waals surface area contributed by atoms with Crippen molar-refractivity contribution in [3.63, 3.8) is 0 Å². The number of primary amides is 1. The molecule has 0 unspecified atom stereocenters. The first-order valence-corrected chi connectivity index (χ1v) is 8.08. The zero-order chi connectivity index (χ0) is 15.7. The molecule has 0 aliphatic carbocycles. The summed E-state index contributed by atoms with van der Waals surface area (Å²) in [7, 11) is 0. The third-order valence-corrected chi connectivity index (χ3v) is 4.53. The van der Waals surface area contributed by atoms with Gasteiger partial charge in [0, 0.05) is 17.1 Å². The smallest absolute Gasteiger partial charge is 0.250 e. The fourth-order valence-corrected chi connectivity index (χ4v) is 3.36. The van der Waals surface area contributed by atoms with Crippen molar-refractivity contribution in [2.75, 3.05) is 13.1 Å². The Kier molecular flexibility index (Phi) is 4.16. The minimum Gasteiger partial charge on any atom is -0.366 e. The molecule has 2 aromatic rings. The number of aromatic nitrogens is 2. The average molecular weight is 300 g/mol. The number of rotatable bonds is 4. The molecule has 0 atom stereocenters. The van der Waals surface area contributed by atoms with Crippen molar-refractivity contribution < 1.29 is 4.79 Å². The van der Waals surface area contributed by atoms with Crippen molar-refractivity contribution in [2.45, 2.75) is 39.2 Å². The molecule has 5 nitrogen and oxygen atoms in total. The number of nitrogens with zero attached hydrogens (tertiary/aromatic N) is 2. The normalized spacial score (nSPS) is 16.5. The minimum absolute atomic E-state index is 0.268. The highest BCUT2D eigenvalue weighted by atomic mass is 16.1. The van der Waals surface area contributed by atoms with Gasteiger partial charge < -0.3 is 11.1 Å². The topological polar surface area (TPSA) is 72.9 Å². The van der Waals surface area contributed by atoms with Gasteiger partial charge in [-0.05, 0) is 58.2 Å². The summed E-state index contributed by atoms with van der Waals surface area (Å²) < 4.78 is 2.07. The molecule has 0 saturated carbocycles. The lowest BCUT2D eigenvalue weighted by Gasteiger charge is -2.23. The maximum absolute atomic E-state index is 11.7. The second kappa shape index (κ2) is 6.08. The maximum Gasteiger partial charge on any atom is 0.250 e. The fourth-order valence-electron chi connectivity index (χ4n) is 3.36. The van der Waals surface area contributed by atoms with Crippen LogP contribution in [0, 0.1) is 5.92 Å². The van der Waals surface area contributed by atoms with Crippen molar-refractivity contribution in [1.29, 1.82) is 0 Å². The molecule has 1 aromatic heterocycles. The average Bonchev–Trinajstić information content (AvgIpc) is 2.87. The van der Waals surface area contributed by atoms with Gasteiger partial charge in [0.25, 0.3) is 5.91 Å². The van der Waals surface area contributed by atoms with Gasteiger partial charge in [0.15, 0.2) is 0 Å². The first-order chi connectivity index (χ1) is 10.6. The molecule has 22 heavy (non-hydrogen) atoms. The zero-order valence-electron chi connectivity index (χ0n) is 13.3. The van der Waals surface area contributed by atoms with Crippen LogP contribution in [-0.4, -0.2) is 28.8 Å². The highest BCUT2D eigenvalue weighted by Gasteiger charge is 2.21. The molecule has 2 heterocycles. The van der Waals surface area contributed by atoms with Crippen LogP contribution in [-0.2, 0) is 6.42 Å². The highest BCUT2D eigenvalue weighted by Crippen LogP contribution is 2.28. The van der Waals surface area contributed by atoms with Crippen LogP contribution in [0.4, 0.5) is 0 Å². The number of hydrogen-bond donors (Lipinski definition) is 2. The Morgan fingerprint density at radius 2 is 2.14 bits per heavy atom. The van der Waals surface area contributed by atoms with E-state index >= 15 is 0 Å². The second-order valence-corrected chi connectivity index (χ2v) is 6.45. The molecule has 118 valence electrons. The monoisotopic (exact) mass is 300 g/mol. The molecule has 1 aromatic carbocycles. The lowest BCUT2D eigenvalue weighted by Crippen LogP contribution is -2.29. The Bertz CT molecular complexity index is 683. The van der Waals surface area contributed by atoms with Gasteiger partial charge in [-0.1, -0.05) is 12.1 Å². The molecular weight excluding hydrogens is 276 g/mol. The van der Waals surface area contributed by atoms with Crippen LogP contribution < -0.4 is 11.1 Å². The number of carbonyl (C=O) groups excluding carboxylic acids is 1. The number of nitrogens with two attached hydrogens (primary N) is 1. The number of benzene rings is 1. The van der Waals surface area contributed by atoms with E-state index in [1.807, 2.05) is 6.07 Å². The van der Waals surface area contributed by atoms with E-state index in [0.29, 0.717) is 11.5 Å². The van der Waals surface area contributed by atoms with E-state index in [0.717, 1.165) is 30.4 Å². The van der Waals surface area contributed by atoms with Crippen LogP contribution in [0.1, 0.15) is 48.8 Å². The quantitative estimate of drug-likeness (QED) is 0.909. The van der Waals surface area contributed by atoms with Gasteiger partial charge in [0.1, 0.15) is 5.52 Å². The van der Waals surface area contributed by atoms with Gasteiger partial charge in [-0.2, -0.15) is 5.10 Å². The van der Waals surface area contributed by atoms with E-state index in [9.17, 15) is 4.79 Å². The highest BCUT2D eigenvalue weighted by molar-refractivity contribution is 6.05. The van der Waals surface area contributed by atoms with Crippen molar-refractivity contribution >= 4 is 16.8 Å². The van der Waals surface area contributed by atoms with Crippen LogP contribution >= 0.6 is 0 Å². The number of hydrogen-bond acceptors (Lipinski definition) is 3. The van der Waals surface area contributed by atoms with Crippen LogP contribution in [0.2, 0.25) is 0 Å². The van der Waals surface area contributed by atoms with Crippen LogP contribution in [0.15, 0.2) is 18.2 Å². The third-order valence-electron chi connectivity index (χ3n) is 4.53. The van der Waals surface area contributed by atoms with Gasteiger partial charge in [-0.25, -0.2) is 0 Å². The summed E-state index contributed by atoms with van der Waals surface area (Å²) in [5.41, 5.74) is 8.00. The molecule has 0 spiro atoms. The largest absolute Gasteiger partial charge is 0.366 e. The number of nitrogens with one attached hydrogen (secondary N) is 1. The van der Waals surface area contributed by atoms with E-state index in [-0.39, 0.29) is 6.04 Å². The predicted octanol–water partition coefficient (Wildman–Crippen LogP) is 2.26. The van der Waals surface area contributed by atoms with Crippen LogP contribution in [0.5, 0.6) is 0 Å². The maximum atomic E-state index is 11.7. The molecule has 0 radical (unpaired) electrons. The molecule has 1 aliphatic heterocycles. The van der Waals surface area contributed by atoms with E-state index < -0.39 is 5.91 Å². The standard InChI is InChI=1S/C17H24N4O/c1-11(2)21-15(10-12-6-8-19-9-7-12)13-4-3-5-14(17(18)22)16(13)20-21/h3-5,11-12,19H,6-10H2,1-2H3,(H2,18,22).